The lowest BCUT2D eigenvalue weighted by molar-refractivity contribution is 0.244. The Morgan fingerprint density at radius 3 is 2.79 bits per heavy atom. The van der Waals surface area contributed by atoms with Gasteiger partial charge in [0.25, 0.3) is 0 Å². The molecule has 1 unspecified atom stereocenters. The molecule has 0 aliphatic rings. The molecule has 1 rings (SSSR count). The third kappa shape index (κ3) is 3.00. The van der Waals surface area contributed by atoms with Crippen LogP contribution in [0.4, 0.5) is 10.1 Å². The summed E-state index contributed by atoms with van der Waals surface area (Å²) in [5, 5.41) is 12.0. The lowest BCUT2D eigenvalue weighted by Crippen LogP contribution is -2.14. The smallest absolute Gasteiger partial charge is 0.123 e. The van der Waals surface area contributed by atoms with Crippen molar-refractivity contribution in [1.82, 2.24) is 0 Å². The minimum absolute atomic E-state index is 0.160. The summed E-state index contributed by atoms with van der Waals surface area (Å²) >= 11 is 0. The Bertz CT molecular complexity index is 301. The fourth-order valence-electron chi connectivity index (χ4n) is 1.17. The number of hydrogen-bond donors (Lipinski definition) is 2. The molecular weight excluding hydrogens is 181 g/mol. The molecule has 0 fully saturated rings. The van der Waals surface area contributed by atoms with E-state index in [1.165, 1.54) is 12.1 Å². The molecule has 0 saturated carbocycles. The highest BCUT2D eigenvalue weighted by atomic mass is 19.1. The summed E-state index contributed by atoms with van der Waals surface area (Å²) in [6, 6.07) is 4.64. The molecule has 0 radical (unpaired) electrons. The molecule has 0 aliphatic carbocycles. The highest BCUT2D eigenvalue weighted by Crippen LogP contribution is 2.15. The number of aliphatic hydroxyl groups excluding tert-OH is 1. The number of rotatable bonds is 4. The zero-order chi connectivity index (χ0) is 10.6. The number of aryl methyl sites for hydroxylation is 1. The van der Waals surface area contributed by atoms with Crippen molar-refractivity contribution in [2.45, 2.75) is 13.8 Å². The number of benzene rings is 1. The van der Waals surface area contributed by atoms with Gasteiger partial charge >= 0.3 is 0 Å². The van der Waals surface area contributed by atoms with Gasteiger partial charge < -0.3 is 10.4 Å². The quantitative estimate of drug-likeness (QED) is 0.775. The second kappa shape index (κ2) is 4.96. The van der Waals surface area contributed by atoms with Crippen molar-refractivity contribution in [2.75, 3.05) is 18.5 Å². The van der Waals surface area contributed by atoms with E-state index in [4.69, 9.17) is 5.11 Å². The van der Waals surface area contributed by atoms with Gasteiger partial charge in [-0.3, -0.25) is 0 Å². The predicted octanol–water partition coefficient (Wildman–Crippen LogP) is 2.17. The first-order valence-corrected chi connectivity index (χ1v) is 4.74. The first-order chi connectivity index (χ1) is 6.63. The van der Waals surface area contributed by atoms with Crippen molar-refractivity contribution >= 4 is 5.69 Å². The molecule has 78 valence electrons. The lowest BCUT2D eigenvalue weighted by Gasteiger charge is -2.12. The van der Waals surface area contributed by atoms with Crippen molar-refractivity contribution < 1.29 is 9.50 Å². The minimum atomic E-state index is -0.219. The largest absolute Gasteiger partial charge is 0.396 e. The second-order valence-electron chi connectivity index (χ2n) is 3.63. The van der Waals surface area contributed by atoms with Crippen LogP contribution in [0, 0.1) is 18.7 Å². The van der Waals surface area contributed by atoms with Crippen molar-refractivity contribution in [1.29, 1.82) is 0 Å². The van der Waals surface area contributed by atoms with Gasteiger partial charge in [-0.1, -0.05) is 6.92 Å². The Balaban J connectivity index is 2.59. The summed E-state index contributed by atoms with van der Waals surface area (Å²) in [5.41, 5.74) is 1.81. The van der Waals surface area contributed by atoms with Crippen LogP contribution < -0.4 is 5.32 Å². The van der Waals surface area contributed by atoms with Crippen molar-refractivity contribution in [2.24, 2.45) is 5.92 Å². The Labute approximate surface area is 83.8 Å². The summed E-state index contributed by atoms with van der Waals surface area (Å²) in [4.78, 5) is 0. The number of hydrogen-bond acceptors (Lipinski definition) is 2. The number of anilines is 1. The van der Waals surface area contributed by atoms with Crippen LogP contribution in [0.15, 0.2) is 18.2 Å². The van der Waals surface area contributed by atoms with E-state index in [-0.39, 0.29) is 18.3 Å². The zero-order valence-electron chi connectivity index (χ0n) is 8.55. The monoisotopic (exact) mass is 197 g/mol. The molecule has 0 aromatic heterocycles. The van der Waals surface area contributed by atoms with E-state index in [9.17, 15) is 4.39 Å². The molecular formula is C11H16FNO. The molecule has 1 atom stereocenters. The van der Waals surface area contributed by atoms with Gasteiger partial charge in [-0.2, -0.15) is 0 Å². The SMILES string of the molecule is Cc1cc(F)ccc1NCC(C)CO. The average Bonchev–Trinajstić information content (AvgIpc) is 2.16. The van der Waals surface area contributed by atoms with Crippen molar-refractivity contribution in [3.63, 3.8) is 0 Å². The van der Waals surface area contributed by atoms with Crippen LogP contribution in [-0.2, 0) is 0 Å². The van der Waals surface area contributed by atoms with Crippen LogP contribution in [0.2, 0.25) is 0 Å². The molecule has 0 amide bonds. The summed E-state index contributed by atoms with van der Waals surface area (Å²) in [7, 11) is 0. The summed E-state index contributed by atoms with van der Waals surface area (Å²) in [5.74, 6) is -0.0114. The van der Waals surface area contributed by atoms with Crippen LogP contribution in [0.5, 0.6) is 0 Å². The van der Waals surface area contributed by atoms with E-state index in [0.29, 0.717) is 6.54 Å². The van der Waals surface area contributed by atoms with Crippen LogP contribution in [0.3, 0.4) is 0 Å². The fraction of sp³-hybridized carbons (Fsp3) is 0.455. The molecule has 2 nitrogen and oxygen atoms in total. The van der Waals surface area contributed by atoms with E-state index in [2.05, 4.69) is 5.32 Å². The summed E-state index contributed by atoms with van der Waals surface area (Å²) < 4.78 is 12.7. The van der Waals surface area contributed by atoms with Gasteiger partial charge in [0.15, 0.2) is 0 Å². The van der Waals surface area contributed by atoms with Gasteiger partial charge in [0.05, 0.1) is 0 Å². The van der Waals surface area contributed by atoms with Crippen LogP contribution in [-0.4, -0.2) is 18.3 Å². The highest BCUT2D eigenvalue weighted by Gasteiger charge is 2.02. The lowest BCUT2D eigenvalue weighted by atomic mass is 10.1. The van der Waals surface area contributed by atoms with Gasteiger partial charge in [0, 0.05) is 18.8 Å². The number of halogens is 1. The predicted molar refractivity (Wildman–Crippen MR) is 55.9 cm³/mol. The highest BCUT2D eigenvalue weighted by molar-refractivity contribution is 5.50. The van der Waals surface area contributed by atoms with Gasteiger partial charge in [-0.25, -0.2) is 4.39 Å². The van der Waals surface area contributed by atoms with Gasteiger partial charge in [0.1, 0.15) is 5.82 Å². The molecule has 0 bridgehead atoms. The summed E-state index contributed by atoms with van der Waals surface area (Å²) in [6.45, 7) is 4.66. The van der Waals surface area contributed by atoms with E-state index in [1.807, 2.05) is 13.8 Å². The van der Waals surface area contributed by atoms with Gasteiger partial charge in [-0.15, -0.1) is 0 Å². The normalized spacial score (nSPS) is 12.6. The molecule has 0 spiro atoms. The maximum absolute atomic E-state index is 12.7. The first kappa shape index (κ1) is 11.0. The Morgan fingerprint density at radius 2 is 2.21 bits per heavy atom. The van der Waals surface area contributed by atoms with E-state index in [0.717, 1.165) is 11.3 Å². The van der Waals surface area contributed by atoms with E-state index in [1.54, 1.807) is 6.07 Å². The standard InChI is InChI=1S/C11H16FNO/c1-8(7-14)6-13-11-4-3-10(12)5-9(11)2/h3-5,8,13-14H,6-7H2,1-2H3. The second-order valence-corrected chi connectivity index (χ2v) is 3.63. The number of aliphatic hydroxyl groups is 1. The number of nitrogens with one attached hydrogen (secondary N) is 1. The van der Waals surface area contributed by atoms with Crippen molar-refractivity contribution in [3.05, 3.63) is 29.6 Å². The molecule has 2 N–H and O–H groups in total. The first-order valence-electron chi connectivity index (χ1n) is 4.74. The van der Waals surface area contributed by atoms with E-state index >= 15 is 0 Å². The third-order valence-electron chi connectivity index (χ3n) is 2.14. The molecule has 0 aliphatic heterocycles. The average molecular weight is 197 g/mol. The zero-order valence-corrected chi connectivity index (χ0v) is 8.55. The molecule has 0 heterocycles. The van der Waals surface area contributed by atoms with Crippen LogP contribution in [0.25, 0.3) is 0 Å². The maximum Gasteiger partial charge on any atom is 0.123 e. The molecule has 3 heteroatoms. The molecule has 0 saturated heterocycles. The topological polar surface area (TPSA) is 32.3 Å². The Hall–Kier alpha value is -1.09. The van der Waals surface area contributed by atoms with Gasteiger partial charge in [0.2, 0.25) is 0 Å². The molecule has 1 aromatic carbocycles. The molecule has 14 heavy (non-hydrogen) atoms. The van der Waals surface area contributed by atoms with E-state index < -0.39 is 0 Å². The Morgan fingerprint density at radius 1 is 1.50 bits per heavy atom. The third-order valence-corrected chi connectivity index (χ3v) is 2.14. The summed E-state index contributed by atoms with van der Waals surface area (Å²) in [6.07, 6.45) is 0. The maximum atomic E-state index is 12.7. The Kier molecular flexibility index (Phi) is 3.89. The van der Waals surface area contributed by atoms with Crippen LogP contribution >= 0.6 is 0 Å². The van der Waals surface area contributed by atoms with Crippen molar-refractivity contribution in [3.8, 4) is 0 Å². The van der Waals surface area contributed by atoms with Gasteiger partial charge in [-0.05, 0) is 36.6 Å². The fourth-order valence-corrected chi connectivity index (χ4v) is 1.17. The van der Waals surface area contributed by atoms with Crippen LogP contribution in [0.1, 0.15) is 12.5 Å². The molecule has 1 aromatic rings. The minimum Gasteiger partial charge on any atom is -0.396 e.